The molecule has 5 nitrogen and oxygen atoms in total. The minimum Gasteiger partial charge on any atom is -0.507 e. The van der Waals surface area contributed by atoms with Crippen LogP contribution >= 0.6 is 23.2 Å². The molecule has 0 unspecified atom stereocenters. The summed E-state index contributed by atoms with van der Waals surface area (Å²) in [6, 6.07) is 4.29. The molecular weight excluding hydrogens is 279 g/mol. The van der Waals surface area contributed by atoms with E-state index in [2.05, 4.69) is 5.10 Å². The van der Waals surface area contributed by atoms with Crippen molar-refractivity contribution in [2.24, 2.45) is 0 Å². The number of halogens is 2. The summed E-state index contributed by atoms with van der Waals surface area (Å²) in [7, 11) is 0. The van der Waals surface area contributed by atoms with Crippen molar-refractivity contribution in [1.82, 2.24) is 9.78 Å². The zero-order valence-corrected chi connectivity index (χ0v) is 10.5. The van der Waals surface area contributed by atoms with E-state index in [1.807, 2.05) is 0 Å². The van der Waals surface area contributed by atoms with Crippen molar-refractivity contribution in [2.45, 2.75) is 6.54 Å². The monoisotopic (exact) mass is 286 g/mol. The Morgan fingerprint density at radius 2 is 1.83 bits per heavy atom. The van der Waals surface area contributed by atoms with Crippen LogP contribution in [0.3, 0.4) is 0 Å². The van der Waals surface area contributed by atoms with Gasteiger partial charge in [0.25, 0.3) is 5.56 Å². The van der Waals surface area contributed by atoms with Gasteiger partial charge in [0.05, 0.1) is 23.3 Å². The molecule has 0 saturated carbocycles. The Kier molecular flexibility index (Phi) is 3.45. The molecule has 0 radical (unpaired) electrons. The normalized spacial score (nSPS) is 10.6. The standard InChI is InChI=1S/C11H8Cl2N2O3/c12-7-4-14-15(11(18)10(7)13)5-6-8(16)2-1-3-9(6)17/h1-4,16-17H,5H2. The third-order valence-electron chi connectivity index (χ3n) is 2.38. The molecule has 0 amide bonds. The highest BCUT2D eigenvalue weighted by Gasteiger charge is 2.12. The number of aromatic nitrogens is 2. The molecule has 1 aromatic carbocycles. The molecule has 1 heterocycles. The molecule has 0 aliphatic carbocycles. The van der Waals surface area contributed by atoms with E-state index in [4.69, 9.17) is 23.2 Å². The van der Waals surface area contributed by atoms with Crippen LogP contribution in [0.15, 0.2) is 29.2 Å². The number of aromatic hydroxyl groups is 2. The van der Waals surface area contributed by atoms with E-state index in [-0.39, 0.29) is 33.7 Å². The van der Waals surface area contributed by atoms with E-state index in [0.717, 1.165) is 4.68 Å². The molecule has 2 N–H and O–H groups in total. The Morgan fingerprint density at radius 1 is 1.22 bits per heavy atom. The van der Waals surface area contributed by atoms with Gasteiger partial charge in [0.2, 0.25) is 0 Å². The van der Waals surface area contributed by atoms with Crippen LogP contribution in [-0.2, 0) is 6.54 Å². The Bertz CT molecular complexity index is 635. The number of hydrogen-bond donors (Lipinski definition) is 2. The van der Waals surface area contributed by atoms with Crippen LogP contribution in [0.1, 0.15) is 5.56 Å². The fourth-order valence-corrected chi connectivity index (χ4v) is 1.70. The number of rotatable bonds is 2. The van der Waals surface area contributed by atoms with E-state index in [9.17, 15) is 15.0 Å². The summed E-state index contributed by atoms with van der Waals surface area (Å²) >= 11 is 11.3. The summed E-state index contributed by atoms with van der Waals surface area (Å²) in [6.45, 7) is -0.103. The van der Waals surface area contributed by atoms with Crippen LogP contribution in [0.2, 0.25) is 10.0 Å². The molecule has 94 valence electrons. The van der Waals surface area contributed by atoms with Crippen molar-refractivity contribution in [3.8, 4) is 11.5 Å². The summed E-state index contributed by atoms with van der Waals surface area (Å²) in [5.74, 6) is -0.260. The van der Waals surface area contributed by atoms with E-state index < -0.39 is 5.56 Å². The molecule has 0 saturated heterocycles. The van der Waals surface area contributed by atoms with Crippen molar-refractivity contribution in [1.29, 1.82) is 0 Å². The summed E-state index contributed by atoms with van der Waals surface area (Å²) in [5, 5.41) is 22.9. The highest BCUT2D eigenvalue weighted by atomic mass is 35.5. The Balaban J connectivity index is 2.47. The molecular formula is C11H8Cl2N2O3. The minimum atomic E-state index is -0.591. The van der Waals surface area contributed by atoms with E-state index in [0.29, 0.717) is 0 Å². The quantitative estimate of drug-likeness (QED) is 0.886. The van der Waals surface area contributed by atoms with Gasteiger partial charge >= 0.3 is 0 Å². The molecule has 0 spiro atoms. The Morgan fingerprint density at radius 3 is 2.44 bits per heavy atom. The first kappa shape index (κ1) is 12.7. The first-order valence-electron chi connectivity index (χ1n) is 4.91. The van der Waals surface area contributed by atoms with Crippen LogP contribution in [0, 0.1) is 0 Å². The molecule has 0 atom stereocenters. The zero-order valence-electron chi connectivity index (χ0n) is 8.97. The van der Waals surface area contributed by atoms with Crippen LogP contribution < -0.4 is 5.56 Å². The van der Waals surface area contributed by atoms with Crippen molar-refractivity contribution in [2.75, 3.05) is 0 Å². The first-order valence-corrected chi connectivity index (χ1v) is 5.67. The highest BCUT2D eigenvalue weighted by Crippen LogP contribution is 2.26. The summed E-state index contributed by atoms with van der Waals surface area (Å²) < 4.78 is 1.00. The van der Waals surface area contributed by atoms with Gasteiger partial charge in [-0.05, 0) is 12.1 Å². The van der Waals surface area contributed by atoms with Gasteiger partial charge in [0.15, 0.2) is 0 Å². The van der Waals surface area contributed by atoms with Gasteiger partial charge in [-0.15, -0.1) is 0 Å². The van der Waals surface area contributed by atoms with E-state index in [1.165, 1.54) is 24.4 Å². The largest absolute Gasteiger partial charge is 0.507 e. The Labute approximate surface area is 112 Å². The van der Waals surface area contributed by atoms with Gasteiger partial charge in [-0.2, -0.15) is 5.10 Å². The minimum absolute atomic E-state index is 0.0550. The van der Waals surface area contributed by atoms with Crippen LogP contribution in [-0.4, -0.2) is 20.0 Å². The van der Waals surface area contributed by atoms with Gasteiger partial charge in [0.1, 0.15) is 16.5 Å². The van der Waals surface area contributed by atoms with Gasteiger partial charge in [-0.1, -0.05) is 29.3 Å². The van der Waals surface area contributed by atoms with Crippen molar-refractivity contribution < 1.29 is 10.2 Å². The highest BCUT2D eigenvalue weighted by molar-refractivity contribution is 6.41. The molecule has 0 aliphatic heterocycles. The molecule has 0 bridgehead atoms. The first-order chi connectivity index (χ1) is 8.50. The van der Waals surface area contributed by atoms with Gasteiger partial charge in [-0.3, -0.25) is 4.79 Å². The molecule has 0 fully saturated rings. The summed E-state index contributed by atoms with van der Waals surface area (Å²) in [6.07, 6.45) is 1.22. The molecule has 2 rings (SSSR count). The number of nitrogens with zero attached hydrogens (tertiary/aromatic N) is 2. The second-order valence-corrected chi connectivity index (χ2v) is 4.33. The number of hydrogen-bond acceptors (Lipinski definition) is 4. The molecule has 18 heavy (non-hydrogen) atoms. The molecule has 7 heteroatoms. The predicted molar refractivity (Wildman–Crippen MR) is 67.4 cm³/mol. The van der Waals surface area contributed by atoms with Gasteiger partial charge in [0, 0.05) is 0 Å². The number of phenols is 2. The van der Waals surface area contributed by atoms with Crippen LogP contribution in [0.5, 0.6) is 11.5 Å². The lowest BCUT2D eigenvalue weighted by Crippen LogP contribution is -2.23. The Hall–Kier alpha value is -1.72. The molecule has 0 aliphatic rings. The zero-order chi connectivity index (χ0) is 13.3. The average molecular weight is 287 g/mol. The SMILES string of the molecule is O=c1c(Cl)c(Cl)cnn1Cc1c(O)cccc1O. The van der Waals surface area contributed by atoms with E-state index in [1.54, 1.807) is 0 Å². The van der Waals surface area contributed by atoms with Crippen molar-refractivity contribution in [3.63, 3.8) is 0 Å². The third kappa shape index (κ3) is 2.27. The molecule has 2 aromatic rings. The van der Waals surface area contributed by atoms with E-state index >= 15 is 0 Å². The maximum absolute atomic E-state index is 11.7. The molecule has 1 aromatic heterocycles. The fraction of sp³-hybridized carbons (Fsp3) is 0.0909. The van der Waals surface area contributed by atoms with Crippen molar-refractivity contribution >= 4 is 23.2 Å². The second kappa shape index (κ2) is 4.88. The maximum Gasteiger partial charge on any atom is 0.287 e. The van der Waals surface area contributed by atoms with Crippen LogP contribution in [0.4, 0.5) is 0 Å². The van der Waals surface area contributed by atoms with Gasteiger partial charge < -0.3 is 10.2 Å². The smallest absolute Gasteiger partial charge is 0.287 e. The maximum atomic E-state index is 11.7. The number of phenolic OH excluding ortho intramolecular Hbond substituents is 2. The topological polar surface area (TPSA) is 75.4 Å². The second-order valence-electron chi connectivity index (χ2n) is 3.54. The number of benzene rings is 1. The fourth-order valence-electron chi connectivity index (χ4n) is 1.43. The lowest BCUT2D eigenvalue weighted by molar-refractivity contribution is 0.430. The summed E-state index contributed by atoms with van der Waals surface area (Å²) in [4.78, 5) is 11.7. The predicted octanol–water partition coefficient (Wildman–Crippen LogP) is 2.01. The lowest BCUT2D eigenvalue weighted by atomic mass is 10.2. The third-order valence-corrected chi connectivity index (χ3v) is 3.13. The van der Waals surface area contributed by atoms with Crippen molar-refractivity contribution in [3.05, 3.63) is 50.4 Å². The summed E-state index contributed by atoms with van der Waals surface area (Å²) in [5.41, 5.74) is -0.405. The lowest BCUT2D eigenvalue weighted by Gasteiger charge is -2.08. The average Bonchev–Trinajstić information content (AvgIpc) is 2.34. The van der Waals surface area contributed by atoms with Crippen LogP contribution in [0.25, 0.3) is 0 Å². The van der Waals surface area contributed by atoms with Gasteiger partial charge in [-0.25, -0.2) is 4.68 Å².